The summed E-state index contributed by atoms with van der Waals surface area (Å²) in [6, 6.07) is 10.8. The first-order valence-electron chi connectivity index (χ1n) is 8.73. The van der Waals surface area contributed by atoms with E-state index in [1.165, 1.54) is 18.5 Å². The van der Waals surface area contributed by atoms with E-state index < -0.39 is 12.2 Å². The van der Waals surface area contributed by atoms with Gasteiger partial charge in [0.25, 0.3) is 5.91 Å². The van der Waals surface area contributed by atoms with Crippen LogP contribution in [0.25, 0.3) is 10.9 Å². The molecule has 0 unspecified atom stereocenters. The fraction of sp³-hybridized carbons (Fsp3) is 0.250. The maximum atomic E-state index is 12.5. The summed E-state index contributed by atoms with van der Waals surface area (Å²) in [5, 5.41) is 20.9. The number of fused-ring (bicyclic) bond motifs is 1. The molecular formula is C20H19N3O4. The normalized spacial score (nSPS) is 19.8. The van der Waals surface area contributed by atoms with Gasteiger partial charge >= 0.3 is 0 Å². The Hall–Kier alpha value is -3.19. The Bertz CT molecular complexity index is 978. The van der Waals surface area contributed by atoms with Crippen LogP contribution in [0, 0.1) is 0 Å². The number of carbonyl (C=O) groups excluding carboxylic acids is 1. The van der Waals surface area contributed by atoms with Crippen LogP contribution in [-0.2, 0) is 0 Å². The van der Waals surface area contributed by atoms with Gasteiger partial charge < -0.3 is 19.8 Å². The molecule has 1 fully saturated rings. The molecule has 27 heavy (non-hydrogen) atoms. The van der Waals surface area contributed by atoms with Gasteiger partial charge in [-0.2, -0.15) is 0 Å². The van der Waals surface area contributed by atoms with Crippen molar-refractivity contribution in [2.75, 3.05) is 13.1 Å². The number of aromatic nitrogens is 2. The number of rotatable bonds is 3. The summed E-state index contributed by atoms with van der Waals surface area (Å²) in [6.07, 6.45) is 3.71. The third kappa shape index (κ3) is 3.68. The number of likely N-dealkylation sites (tertiary alicyclic amines) is 1. The largest absolute Gasteiger partial charge is 0.506 e. The molecule has 0 saturated carbocycles. The Morgan fingerprint density at radius 3 is 2.93 bits per heavy atom. The third-order valence-corrected chi connectivity index (χ3v) is 4.64. The van der Waals surface area contributed by atoms with Crippen LogP contribution >= 0.6 is 0 Å². The molecule has 138 valence electrons. The van der Waals surface area contributed by atoms with Gasteiger partial charge in [-0.1, -0.05) is 6.07 Å². The molecule has 1 amide bonds. The number of hydrogen-bond acceptors (Lipinski definition) is 6. The zero-order valence-electron chi connectivity index (χ0n) is 14.5. The zero-order chi connectivity index (χ0) is 18.8. The Labute approximate surface area is 155 Å². The SMILES string of the molecule is O=C(c1cncc(O)c1)N1CC[C@@H](Oc2ccc3ncccc3c2)[C@H](O)C1. The molecule has 7 heteroatoms. The number of aliphatic hydroxyl groups excluding tert-OH is 1. The molecular weight excluding hydrogens is 346 g/mol. The number of β-amino-alcohol motifs (C(OH)–C–C–N with tert-alkyl or cyclic N) is 1. The van der Waals surface area contributed by atoms with Crippen LogP contribution in [0.4, 0.5) is 0 Å². The van der Waals surface area contributed by atoms with Crippen LogP contribution in [0.3, 0.4) is 0 Å². The minimum atomic E-state index is -0.808. The number of aliphatic hydroxyl groups is 1. The quantitative estimate of drug-likeness (QED) is 0.737. The summed E-state index contributed by atoms with van der Waals surface area (Å²) >= 11 is 0. The van der Waals surface area contributed by atoms with Gasteiger partial charge in [-0.05, 0) is 30.3 Å². The van der Waals surface area contributed by atoms with Gasteiger partial charge in [0.15, 0.2) is 0 Å². The number of aromatic hydroxyl groups is 1. The number of piperidine rings is 1. The highest BCUT2D eigenvalue weighted by atomic mass is 16.5. The molecule has 1 aliphatic heterocycles. The highest BCUT2D eigenvalue weighted by Crippen LogP contribution is 2.24. The average Bonchev–Trinajstić information content (AvgIpc) is 2.69. The minimum absolute atomic E-state index is 0.0644. The minimum Gasteiger partial charge on any atom is -0.506 e. The molecule has 0 radical (unpaired) electrons. The number of ether oxygens (including phenoxy) is 1. The molecule has 2 N–H and O–H groups in total. The smallest absolute Gasteiger partial charge is 0.255 e. The lowest BCUT2D eigenvalue weighted by Gasteiger charge is -2.36. The standard InChI is InChI=1S/C20H19N3O4/c24-15-8-14(10-21-11-15)20(26)23-7-5-19(18(25)12-23)27-16-3-4-17-13(9-16)2-1-6-22-17/h1-4,6,8-11,18-19,24-25H,5,7,12H2/t18-,19-/m1/s1. The van der Waals surface area contributed by atoms with Crippen molar-refractivity contribution >= 4 is 16.8 Å². The van der Waals surface area contributed by atoms with E-state index in [4.69, 9.17) is 4.74 Å². The lowest BCUT2D eigenvalue weighted by molar-refractivity contribution is -0.0198. The molecule has 0 aliphatic carbocycles. The van der Waals surface area contributed by atoms with Crippen LogP contribution in [-0.4, -0.2) is 56.3 Å². The summed E-state index contributed by atoms with van der Waals surface area (Å²) in [5.41, 5.74) is 1.18. The predicted molar refractivity (Wildman–Crippen MR) is 98.6 cm³/mol. The van der Waals surface area contributed by atoms with Crippen molar-refractivity contribution in [1.82, 2.24) is 14.9 Å². The van der Waals surface area contributed by atoms with Gasteiger partial charge in [-0.15, -0.1) is 0 Å². The van der Waals surface area contributed by atoms with Crippen molar-refractivity contribution in [3.63, 3.8) is 0 Å². The van der Waals surface area contributed by atoms with E-state index in [2.05, 4.69) is 9.97 Å². The van der Waals surface area contributed by atoms with Crippen molar-refractivity contribution in [1.29, 1.82) is 0 Å². The van der Waals surface area contributed by atoms with Crippen LogP contribution in [0.15, 0.2) is 55.0 Å². The number of amides is 1. The molecule has 2 atom stereocenters. The second-order valence-electron chi connectivity index (χ2n) is 6.55. The maximum Gasteiger partial charge on any atom is 0.255 e. The first-order valence-corrected chi connectivity index (χ1v) is 8.73. The number of pyridine rings is 2. The predicted octanol–water partition coefficient (Wildman–Crippen LogP) is 1.99. The summed E-state index contributed by atoms with van der Waals surface area (Å²) < 4.78 is 5.96. The number of carbonyl (C=O) groups is 1. The van der Waals surface area contributed by atoms with Crippen LogP contribution in [0.1, 0.15) is 16.8 Å². The van der Waals surface area contributed by atoms with Gasteiger partial charge in [0.05, 0.1) is 23.8 Å². The first-order chi connectivity index (χ1) is 13.1. The summed E-state index contributed by atoms with van der Waals surface area (Å²) in [7, 11) is 0. The van der Waals surface area contributed by atoms with Crippen LogP contribution in [0.5, 0.6) is 11.5 Å². The van der Waals surface area contributed by atoms with Gasteiger partial charge in [0, 0.05) is 30.7 Å². The van der Waals surface area contributed by atoms with E-state index in [9.17, 15) is 15.0 Å². The lowest BCUT2D eigenvalue weighted by Crippen LogP contribution is -2.51. The summed E-state index contributed by atoms with van der Waals surface area (Å²) in [4.78, 5) is 22.2. The van der Waals surface area contributed by atoms with Crippen molar-refractivity contribution in [2.45, 2.75) is 18.6 Å². The fourth-order valence-corrected chi connectivity index (χ4v) is 3.26. The van der Waals surface area contributed by atoms with E-state index in [0.717, 1.165) is 10.9 Å². The molecule has 4 rings (SSSR count). The van der Waals surface area contributed by atoms with E-state index in [0.29, 0.717) is 24.3 Å². The first kappa shape index (κ1) is 17.2. The van der Waals surface area contributed by atoms with Crippen LogP contribution < -0.4 is 4.74 Å². The number of benzene rings is 1. The second-order valence-corrected chi connectivity index (χ2v) is 6.55. The molecule has 3 aromatic rings. The van der Waals surface area contributed by atoms with Gasteiger partial charge in [-0.25, -0.2) is 0 Å². The maximum absolute atomic E-state index is 12.5. The fourth-order valence-electron chi connectivity index (χ4n) is 3.26. The zero-order valence-corrected chi connectivity index (χ0v) is 14.5. The molecule has 1 aromatic carbocycles. The average molecular weight is 365 g/mol. The van der Waals surface area contributed by atoms with Crippen LogP contribution in [0.2, 0.25) is 0 Å². The van der Waals surface area contributed by atoms with Gasteiger partial charge in [0.2, 0.25) is 0 Å². The number of nitrogens with zero attached hydrogens (tertiary/aromatic N) is 3. The van der Waals surface area contributed by atoms with Crippen molar-refractivity contribution in [3.05, 3.63) is 60.6 Å². The molecule has 7 nitrogen and oxygen atoms in total. The van der Waals surface area contributed by atoms with Crippen molar-refractivity contribution in [3.8, 4) is 11.5 Å². The topological polar surface area (TPSA) is 95.8 Å². The third-order valence-electron chi connectivity index (χ3n) is 4.64. The molecule has 1 aliphatic rings. The second kappa shape index (κ2) is 7.20. The van der Waals surface area contributed by atoms with E-state index in [1.807, 2.05) is 30.3 Å². The van der Waals surface area contributed by atoms with Gasteiger partial charge in [0.1, 0.15) is 23.7 Å². The van der Waals surface area contributed by atoms with Gasteiger partial charge in [-0.3, -0.25) is 14.8 Å². The highest BCUT2D eigenvalue weighted by Gasteiger charge is 2.32. The molecule has 1 saturated heterocycles. The van der Waals surface area contributed by atoms with E-state index in [-0.39, 0.29) is 18.2 Å². The Balaban J connectivity index is 1.43. The van der Waals surface area contributed by atoms with Crippen molar-refractivity contribution < 1.29 is 19.7 Å². The van der Waals surface area contributed by atoms with E-state index in [1.54, 1.807) is 11.1 Å². The number of hydrogen-bond donors (Lipinski definition) is 2. The van der Waals surface area contributed by atoms with Crippen molar-refractivity contribution in [2.24, 2.45) is 0 Å². The molecule has 3 heterocycles. The lowest BCUT2D eigenvalue weighted by atomic mass is 10.0. The monoisotopic (exact) mass is 365 g/mol. The molecule has 2 aromatic heterocycles. The highest BCUT2D eigenvalue weighted by molar-refractivity contribution is 5.94. The Morgan fingerprint density at radius 1 is 1.22 bits per heavy atom. The Morgan fingerprint density at radius 2 is 2.11 bits per heavy atom. The molecule has 0 bridgehead atoms. The Kier molecular flexibility index (Phi) is 4.60. The summed E-state index contributed by atoms with van der Waals surface area (Å²) in [6.45, 7) is 0.611. The van der Waals surface area contributed by atoms with E-state index >= 15 is 0 Å². The molecule has 0 spiro atoms. The summed E-state index contributed by atoms with van der Waals surface area (Å²) in [5.74, 6) is 0.328.